The number of aliphatic hydroxyl groups excluding tert-OH is 1. The van der Waals surface area contributed by atoms with Crippen molar-refractivity contribution in [1.29, 1.82) is 0 Å². The Morgan fingerprint density at radius 3 is 2.67 bits per heavy atom. The second-order valence-electron chi connectivity index (χ2n) is 2.73. The minimum atomic E-state index is -0.392. The zero-order chi connectivity index (χ0) is 8.81. The van der Waals surface area contributed by atoms with E-state index in [1.165, 1.54) is 0 Å². The molecule has 1 aromatic heterocycles. The number of aliphatic hydroxyl groups is 1. The molecule has 3 N–H and O–H groups in total. The van der Waals surface area contributed by atoms with Gasteiger partial charge in [-0.1, -0.05) is 0 Å². The summed E-state index contributed by atoms with van der Waals surface area (Å²) in [7, 11) is 0. The lowest BCUT2D eigenvalue weighted by atomic mass is 10.1. The van der Waals surface area contributed by atoms with Crippen molar-refractivity contribution >= 4 is 0 Å². The molecule has 0 amide bonds. The summed E-state index contributed by atoms with van der Waals surface area (Å²) in [5.74, 6) is 0. The van der Waals surface area contributed by atoms with Gasteiger partial charge in [-0.3, -0.25) is 4.98 Å². The summed E-state index contributed by atoms with van der Waals surface area (Å²) >= 11 is 0. The van der Waals surface area contributed by atoms with Crippen LogP contribution in [0.2, 0.25) is 0 Å². The fraction of sp³-hybridized carbons (Fsp3) is 0.444. The first-order chi connectivity index (χ1) is 5.84. The largest absolute Gasteiger partial charge is 0.388 e. The first kappa shape index (κ1) is 9.16. The van der Waals surface area contributed by atoms with Crippen molar-refractivity contribution in [3.63, 3.8) is 0 Å². The van der Waals surface area contributed by atoms with Crippen molar-refractivity contribution in [2.45, 2.75) is 18.9 Å². The van der Waals surface area contributed by atoms with Gasteiger partial charge in [-0.2, -0.15) is 0 Å². The third-order valence-electron chi connectivity index (χ3n) is 1.77. The Kier molecular flexibility index (Phi) is 3.70. The summed E-state index contributed by atoms with van der Waals surface area (Å²) in [5.41, 5.74) is 6.25. The van der Waals surface area contributed by atoms with Gasteiger partial charge in [0.15, 0.2) is 0 Å². The van der Waals surface area contributed by atoms with Gasteiger partial charge in [-0.25, -0.2) is 0 Å². The van der Waals surface area contributed by atoms with Gasteiger partial charge in [-0.05, 0) is 37.1 Å². The summed E-state index contributed by atoms with van der Waals surface area (Å²) in [6, 6.07) is 3.64. The number of hydrogen-bond acceptors (Lipinski definition) is 3. The van der Waals surface area contributed by atoms with Crippen LogP contribution in [0.25, 0.3) is 0 Å². The van der Waals surface area contributed by atoms with E-state index >= 15 is 0 Å². The van der Waals surface area contributed by atoms with E-state index in [0.29, 0.717) is 6.54 Å². The molecular formula is C9H14N2O. The van der Waals surface area contributed by atoms with Crippen LogP contribution in [-0.2, 0) is 0 Å². The number of aromatic nitrogens is 1. The van der Waals surface area contributed by atoms with Crippen molar-refractivity contribution in [1.82, 2.24) is 4.98 Å². The van der Waals surface area contributed by atoms with Crippen molar-refractivity contribution < 1.29 is 5.11 Å². The molecule has 0 aliphatic heterocycles. The Labute approximate surface area is 72.2 Å². The Bertz CT molecular complexity index is 213. The minimum absolute atomic E-state index is 0.392. The first-order valence-electron chi connectivity index (χ1n) is 4.12. The van der Waals surface area contributed by atoms with E-state index in [0.717, 1.165) is 18.4 Å². The van der Waals surface area contributed by atoms with Crippen LogP contribution in [0.5, 0.6) is 0 Å². The van der Waals surface area contributed by atoms with Crippen LogP contribution >= 0.6 is 0 Å². The molecule has 1 unspecified atom stereocenters. The van der Waals surface area contributed by atoms with Crippen LogP contribution in [0.1, 0.15) is 24.5 Å². The van der Waals surface area contributed by atoms with E-state index in [1.54, 1.807) is 12.4 Å². The summed E-state index contributed by atoms with van der Waals surface area (Å²) in [6.07, 6.45) is 4.54. The Balaban J connectivity index is 2.48. The second-order valence-corrected chi connectivity index (χ2v) is 2.73. The molecule has 0 radical (unpaired) electrons. The van der Waals surface area contributed by atoms with E-state index in [9.17, 15) is 5.11 Å². The fourth-order valence-electron chi connectivity index (χ4n) is 1.06. The molecule has 1 atom stereocenters. The number of hydrogen-bond donors (Lipinski definition) is 2. The van der Waals surface area contributed by atoms with E-state index < -0.39 is 6.10 Å². The van der Waals surface area contributed by atoms with E-state index in [1.807, 2.05) is 12.1 Å². The second kappa shape index (κ2) is 4.85. The molecule has 12 heavy (non-hydrogen) atoms. The van der Waals surface area contributed by atoms with Crippen molar-refractivity contribution in [2.75, 3.05) is 6.54 Å². The van der Waals surface area contributed by atoms with Gasteiger partial charge in [0, 0.05) is 12.4 Å². The van der Waals surface area contributed by atoms with E-state index in [4.69, 9.17) is 5.73 Å². The highest BCUT2D eigenvalue weighted by Crippen LogP contribution is 2.15. The first-order valence-corrected chi connectivity index (χ1v) is 4.12. The number of nitrogens with two attached hydrogens (primary N) is 1. The maximum Gasteiger partial charge on any atom is 0.0791 e. The van der Waals surface area contributed by atoms with E-state index in [-0.39, 0.29) is 0 Å². The predicted molar refractivity (Wildman–Crippen MR) is 47.5 cm³/mol. The summed E-state index contributed by atoms with van der Waals surface area (Å²) < 4.78 is 0. The number of nitrogens with zero attached hydrogens (tertiary/aromatic N) is 1. The molecule has 0 aromatic carbocycles. The molecule has 3 heteroatoms. The predicted octanol–water partition coefficient (Wildman–Crippen LogP) is 0.854. The lowest BCUT2D eigenvalue weighted by Crippen LogP contribution is -2.03. The highest BCUT2D eigenvalue weighted by molar-refractivity contribution is 5.12. The van der Waals surface area contributed by atoms with Gasteiger partial charge in [-0.15, -0.1) is 0 Å². The van der Waals surface area contributed by atoms with Crippen LogP contribution in [0.3, 0.4) is 0 Å². The monoisotopic (exact) mass is 166 g/mol. The highest BCUT2D eigenvalue weighted by atomic mass is 16.3. The molecule has 0 aliphatic rings. The third kappa shape index (κ3) is 2.60. The lowest BCUT2D eigenvalue weighted by molar-refractivity contribution is 0.165. The molecule has 3 nitrogen and oxygen atoms in total. The summed E-state index contributed by atoms with van der Waals surface area (Å²) in [6.45, 7) is 0.627. The van der Waals surface area contributed by atoms with Crippen LogP contribution in [0, 0.1) is 0 Å². The molecule has 0 aliphatic carbocycles. The maximum atomic E-state index is 9.57. The molecule has 1 rings (SSSR count). The van der Waals surface area contributed by atoms with Crippen molar-refractivity contribution in [3.05, 3.63) is 30.1 Å². The van der Waals surface area contributed by atoms with Crippen molar-refractivity contribution in [2.24, 2.45) is 5.73 Å². The van der Waals surface area contributed by atoms with Crippen molar-refractivity contribution in [3.8, 4) is 0 Å². The number of pyridine rings is 1. The van der Waals surface area contributed by atoms with Gasteiger partial charge >= 0.3 is 0 Å². The molecule has 0 fully saturated rings. The molecule has 0 spiro atoms. The molecule has 1 heterocycles. The Hall–Kier alpha value is -0.930. The normalized spacial score (nSPS) is 12.8. The Morgan fingerprint density at radius 1 is 1.42 bits per heavy atom. The van der Waals surface area contributed by atoms with Crippen LogP contribution in [0.15, 0.2) is 24.5 Å². The topological polar surface area (TPSA) is 59.1 Å². The average molecular weight is 166 g/mol. The van der Waals surface area contributed by atoms with Gasteiger partial charge in [0.25, 0.3) is 0 Å². The quantitative estimate of drug-likeness (QED) is 0.697. The van der Waals surface area contributed by atoms with Gasteiger partial charge in [0.2, 0.25) is 0 Å². The number of rotatable bonds is 4. The Morgan fingerprint density at radius 2 is 2.08 bits per heavy atom. The molecule has 1 aromatic rings. The SMILES string of the molecule is NCCCC(O)c1ccncc1. The minimum Gasteiger partial charge on any atom is -0.388 e. The smallest absolute Gasteiger partial charge is 0.0791 e. The molecule has 0 saturated carbocycles. The molecule has 0 saturated heterocycles. The average Bonchev–Trinajstić information content (AvgIpc) is 2.15. The van der Waals surface area contributed by atoms with Gasteiger partial charge < -0.3 is 10.8 Å². The molecule has 0 bridgehead atoms. The lowest BCUT2D eigenvalue weighted by Gasteiger charge is -2.08. The van der Waals surface area contributed by atoms with Crippen LogP contribution in [0.4, 0.5) is 0 Å². The van der Waals surface area contributed by atoms with E-state index in [2.05, 4.69) is 4.98 Å². The molecular weight excluding hydrogens is 152 g/mol. The highest BCUT2D eigenvalue weighted by Gasteiger charge is 2.04. The van der Waals surface area contributed by atoms with Gasteiger partial charge in [0.05, 0.1) is 6.10 Å². The van der Waals surface area contributed by atoms with Gasteiger partial charge in [0.1, 0.15) is 0 Å². The zero-order valence-electron chi connectivity index (χ0n) is 6.98. The standard InChI is InChI=1S/C9H14N2O/c10-5-1-2-9(12)8-3-6-11-7-4-8/h3-4,6-7,9,12H,1-2,5,10H2. The van der Waals surface area contributed by atoms with Crippen LogP contribution in [-0.4, -0.2) is 16.6 Å². The summed E-state index contributed by atoms with van der Waals surface area (Å²) in [4.78, 5) is 3.87. The zero-order valence-corrected chi connectivity index (χ0v) is 6.98. The van der Waals surface area contributed by atoms with Crippen LogP contribution < -0.4 is 5.73 Å². The fourth-order valence-corrected chi connectivity index (χ4v) is 1.06. The summed E-state index contributed by atoms with van der Waals surface area (Å²) in [5, 5.41) is 9.57. The maximum absolute atomic E-state index is 9.57. The molecule has 66 valence electrons. The third-order valence-corrected chi connectivity index (χ3v) is 1.77.